The van der Waals surface area contributed by atoms with Gasteiger partial charge in [-0.25, -0.2) is 0 Å². The molecule has 2 fully saturated rings. The van der Waals surface area contributed by atoms with E-state index in [0.717, 1.165) is 18.4 Å². The Balaban J connectivity index is 1.60. The molecule has 1 aromatic carbocycles. The summed E-state index contributed by atoms with van der Waals surface area (Å²) in [6.07, 6.45) is 6.40. The minimum Gasteiger partial charge on any atom is -0.493 e. The number of aliphatic carboxylic acids is 1. The van der Waals surface area contributed by atoms with E-state index in [1.54, 1.807) is 12.1 Å². The predicted octanol–water partition coefficient (Wildman–Crippen LogP) is 3.04. The highest BCUT2D eigenvalue weighted by molar-refractivity contribution is 8.18. The number of nitrogens with zero attached hydrogens (tertiary/aromatic N) is 1. The largest absolute Gasteiger partial charge is 0.493 e. The zero-order valence-corrected chi connectivity index (χ0v) is 14.6. The standard InChI is InChI=1S/C18H20N2O4S/c21-16(22)9-10-24-14-7-5-12(6-8-14)11-15-17(23)20-18(25-15)19-13-3-1-2-4-13/h5-8,11,13H,1-4,9-10H2,(H,21,22)(H,19,20,23)/b15-11-. The summed E-state index contributed by atoms with van der Waals surface area (Å²) in [6.45, 7) is 0.134. The molecule has 2 N–H and O–H groups in total. The van der Waals surface area contributed by atoms with Crippen LogP contribution >= 0.6 is 11.8 Å². The van der Waals surface area contributed by atoms with Gasteiger partial charge >= 0.3 is 5.97 Å². The number of amidine groups is 1. The van der Waals surface area contributed by atoms with Gasteiger partial charge in [-0.05, 0) is 48.4 Å². The molecule has 0 bridgehead atoms. The third kappa shape index (κ3) is 5.09. The molecule has 1 amide bonds. The van der Waals surface area contributed by atoms with Crippen molar-refractivity contribution in [3.63, 3.8) is 0 Å². The average molecular weight is 360 g/mol. The molecule has 132 valence electrons. The second kappa shape index (κ2) is 8.20. The zero-order valence-electron chi connectivity index (χ0n) is 13.7. The fourth-order valence-corrected chi connectivity index (χ4v) is 3.65. The number of carboxylic acid groups (broad SMARTS) is 1. The lowest BCUT2D eigenvalue weighted by Gasteiger charge is -2.04. The molecule has 0 spiro atoms. The van der Waals surface area contributed by atoms with Gasteiger partial charge in [0.05, 0.1) is 24.0 Å². The van der Waals surface area contributed by atoms with Crippen LogP contribution in [0.3, 0.4) is 0 Å². The van der Waals surface area contributed by atoms with Gasteiger partial charge in [0.25, 0.3) is 5.91 Å². The lowest BCUT2D eigenvalue weighted by Crippen LogP contribution is -2.21. The van der Waals surface area contributed by atoms with E-state index >= 15 is 0 Å². The lowest BCUT2D eigenvalue weighted by atomic mass is 10.2. The van der Waals surface area contributed by atoms with E-state index in [1.807, 2.05) is 18.2 Å². The van der Waals surface area contributed by atoms with Crippen LogP contribution in [0.25, 0.3) is 6.08 Å². The van der Waals surface area contributed by atoms with E-state index in [1.165, 1.54) is 24.6 Å². The van der Waals surface area contributed by atoms with Crippen LogP contribution in [-0.2, 0) is 9.59 Å². The average Bonchev–Trinajstić information content (AvgIpc) is 3.19. The van der Waals surface area contributed by atoms with Gasteiger partial charge in [-0.2, -0.15) is 0 Å². The predicted molar refractivity (Wildman–Crippen MR) is 97.6 cm³/mol. The second-order valence-electron chi connectivity index (χ2n) is 6.00. The van der Waals surface area contributed by atoms with E-state index in [9.17, 15) is 9.59 Å². The van der Waals surface area contributed by atoms with E-state index < -0.39 is 5.97 Å². The smallest absolute Gasteiger partial charge is 0.306 e. The maximum Gasteiger partial charge on any atom is 0.306 e. The first kappa shape index (κ1) is 17.5. The highest BCUT2D eigenvalue weighted by Crippen LogP contribution is 2.29. The Morgan fingerprint density at radius 1 is 1.32 bits per heavy atom. The number of amides is 1. The van der Waals surface area contributed by atoms with Crippen LogP contribution in [0, 0.1) is 0 Å². The van der Waals surface area contributed by atoms with Crippen molar-refractivity contribution in [3.8, 4) is 5.75 Å². The molecule has 0 atom stereocenters. The summed E-state index contributed by atoms with van der Waals surface area (Å²) in [5.74, 6) is -0.403. The SMILES string of the molecule is O=C(O)CCOc1ccc(/C=C2\SC(=NC3CCCC3)NC2=O)cc1. The van der Waals surface area contributed by atoms with Crippen LogP contribution < -0.4 is 10.1 Å². The van der Waals surface area contributed by atoms with Crippen LogP contribution in [0.1, 0.15) is 37.7 Å². The van der Waals surface area contributed by atoms with Crippen molar-refractivity contribution < 1.29 is 19.4 Å². The van der Waals surface area contributed by atoms with Crippen molar-refractivity contribution in [2.75, 3.05) is 6.61 Å². The molecule has 6 nitrogen and oxygen atoms in total. The summed E-state index contributed by atoms with van der Waals surface area (Å²) >= 11 is 1.38. The number of carboxylic acids is 1. The molecule has 2 aliphatic rings. The minimum atomic E-state index is -0.888. The van der Waals surface area contributed by atoms with Crippen LogP contribution in [0.5, 0.6) is 5.75 Å². The molecular formula is C18H20N2O4S. The van der Waals surface area contributed by atoms with Gasteiger partial charge in [-0.3, -0.25) is 14.6 Å². The maximum atomic E-state index is 12.1. The van der Waals surface area contributed by atoms with Crippen molar-refractivity contribution in [1.29, 1.82) is 0 Å². The van der Waals surface area contributed by atoms with Crippen LogP contribution in [-0.4, -0.2) is 34.8 Å². The topological polar surface area (TPSA) is 88.0 Å². The Hall–Kier alpha value is -2.28. The number of thioether (sulfide) groups is 1. The zero-order chi connectivity index (χ0) is 17.6. The number of carbonyl (C=O) groups is 2. The number of ether oxygens (including phenoxy) is 1. The molecule has 1 aliphatic carbocycles. The van der Waals surface area contributed by atoms with Gasteiger partial charge < -0.3 is 15.2 Å². The summed E-state index contributed by atoms with van der Waals surface area (Å²) in [5.41, 5.74) is 0.880. The summed E-state index contributed by atoms with van der Waals surface area (Å²) in [5, 5.41) is 12.1. The highest BCUT2D eigenvalue weighted by atomic mass is 32.2. The first-order valence-corrected chi connectivity index (χ1v) is 9.15. The molecule has 7 heteroatoms. The molecule has 3 rings (SSSR count). The van der Waals surface area contributed by atoms with Crippen LogP contribution in [0.15, 0.2) is 34.2 Å². The van der Waals surface area contributed by atoms with Crippen LogP contribution in [0.4, 0.5) is 0 Å². The molecule has 0 aromatic heterocycles. The number of carbonyl (C=O) groups excluding carboxylic acids is 1. The summed E-state index contributed by atoms with van der Waals surface area (Å²) in [7, 11) is 0. The third-order valence-electron chi connectivity index (χ3n) is 4.04. The molecule has 1 aliphatic heterocycles. The minimum absolute atomic E-state index is 0.0360. The summed E-state index contributed by atoms with van der Waals surface area (Å²) in [6, 6.07) is 7.54. The van der Waals surface area contributed by atoms with Gasteiger partial charge in [-0.15, -0.1) is 0 Å². The Morgan fingerprint density at radius 2 is 2.04 bits per heavy atom. The fourth-order valence-electron chi connectivity index (χ4n) is 2.76. The Kier molecular flexibility index (Phi) is 5.75. The quantitative estimate of drug-likeness (QED) is 0.761. The first-order valence-electron chi connectivity index (χ1n) is 8.33. The third-order valence-corrected chi connectivity index (χ3v) is 4.96. The monoisotopic (exact) mass is 360 g/mol. The molecule has 1 aromatic rings. The number of hydrogen-bond donors (Lipinski definition) is 2. The van der Waals surface area contributed by atoms with Gasteiger partial charge in [0, 0.05) is 0 Å². The second-order valence-corrected chi connectivity index (χ2v) is 7.03. The van der Waals surface area contributed by atoms with Crippen molar-refractivity contribution >= 4 is 34.9 Å². The number of benzene rings is 1. The molecule has 1 saturated carbocycles. The number of rotatable bonds is 6. The Morgan fingerprint density at radius 3 is 2.72 bits per heavy atom. The number of aliphatic imine (C=N–C) groups is 1. The first-order chi connectivity index (χ1) is 12.1. The van der Waals surface area contributed by atoms with Crippen molar-refractivity contribution in [1.82, 2.24) is 5.32 Å². The van der Waals surface area contributed by atoms with Gasteiger partial charge in [-0.1, -0.05) is 25.0 Å². The lowest BCUT2D eigenvalue weighted by molar-refractivity contribution is -0.137. The molecule has 0 radical (unpaired) electrons. The highest BCUT2D eigenvalue weighted by Gasteiger charge is 2.25. The molecule has 1 saturated heterocycles. The van der Waals surface area contributed by atoms with E-state index in [4.69, 9.17) is 9.84 Å². The molecule has 0 unspecified atom stereocenters. The molecule has 25 heavy (non-hydrogen) atoms. The van der Waals surface area contributed by atoms with Gasteiger partial charge in [0.1, 0.15) is 5.75 Å². The Labute approximate surface area is 150 Å². The fraction of sp³-hybridized carbons (Fsp3) is 0.389. The molecular weight excluding hydrogens is 340 g/mol. The summed E-state index contributed by atoms with van der Waals surface area (Å²) in [4.78, 5) is 27.8. The van der Waals surface area contributed by atoms with Crippen LogP contribution in [0.2, 0.25) is 0 Å². The maximum absolute atomic E-state index is 12.1. The Bertz CT molecular complexity index is 706. The normalized spacial score (nSPS) is 21.0. The van der Waals surface area contributed by atoms with Crippen molar-refractivity contribution in [2.24, 2.45) is 4.99 Å². The van der Waals surface area contributed by atoms with E-state index in [-0.39, 0.29) is 18.9 Å². The number of nitrogens with one attached hydrogen (secondary N) is 1. The summed E-state index contributed by atoms with van der Waals surface area (Å²) < 4.78 is 5.35. The van der Waals surface area contributed by atoms with E-state index in [2.05, 4.69) is 10.3 Å². The molecule has 1 heterocycles. The number of hydrogen-bond acceptors (Lipinski definition) is 5. The van der Waals surface area contributed by atoms with Crippen molar-refractivity contribution in [3.05, 3.63) is 34.7 Å². The van der Waals surface area contributed by atoms with Gasteiger partial charge in [0.2, 0.25) is 0 Å². The van der Waals surface area contributed by atoms with Crippen molar-refractivity contribution in [2.45, 2.75) is 38.1 Å². The van der Waals surface area contributed by atoms with Gasteiger partial charge in [0.15, 0.2) is 5.17 Å². The van der Waals surface area contributed by atoms with E-state index in [0.29, 0.717) is 21.9 Å².